The third-order valence-corrected chi connectivity index (χ3v) is 6.74. The highest BCUT2D eigenvalue weighted by Gasteiger charge is 2.49. The van der Waals surface area contributed by atoms with Crippen molar-refractivity contribution in [3.63, 3.8) is 0 Å². The van der Waals surface area contributed by atoms with Gasteiger partial charge in [-0.1, -0.05) is 35.9 Å². The van der Waals surface area contributed by atoms with Gasteiger partial charge in [0, 0.05) is 37.6 Å². The summed E-state index contributed by atoms with van der Waals surface area (Å²) in [6.07, 6.45) is 0. The molecular weight excluding hydrogens is 400 g/mol. The van der Waals surface area contributed by atoms with Crippen LogP contribution < -0.4 is 5.32 Å². The number of thiophene rings is 1. The number of hydrogen-bond donors (Lipinski definition) is 1. The smallest absolute Gasteiger partial charge is 0.325 e. The largest absolute Gasteiger partial charge is 0.339 e. The molecule has 0 aliphatic carbocycles. The molecule has 0 bridgehead atoms. The van der Waals surface area contributed by atoms with E-state index in [1.54, 1.807) is 23.2 Å². The van der Waals surface area contributed by atoms with Gasteiger partial charge in [-0.05, 0) is 30.9 Å². The van der Waals surface area contributed by atoms with Gasteiger partial charge in [-0.25, -0.2) is 4.79 Å². The number of imide groups is 1. The lowest BCUT2D eigenvalue weighted by Gasteiger charge is -2.35. The Kier molecular flexibility index (Phi) is 5.62. The first-order chi connectivity index (χ1) is 14.4. The van der Waals surface area contributed by atoms with Gasteiger partial charge in [0.1, 0.15) is 12.1 Å². The Morgan fingerprint density at radius 1 is 1.10 bits per heavy atom. The molecule has 30 heavy (non-hydrogen) atoms. The number of nitrogens with one attached hydrogen (secondary N) is 1. The van der Waals surface area contributed by atoms with Crippen molar-refractivity contribution in [3.05, 3.63) is 57.8 Å². The zero-order valence-corrected chi connectivity index (χ0v) is 18.1. The number of aryl methyl sites for hydroxylation is 1. The maximum Gasteiger partial charge on any atom is 0.325 e. The van der Waals surface area contributed by atoms with Crippen LogP contribution in [0, 0.1) is 6.92 Å². The van der Waals surface area contributed by atoms with Crippen LogP contribution in [0.1, 0.15) is 22.9 Å². The van der Waals surface area contributed by atoms with Gasteiger partial charge in [-0.15, -0.1) is 11.3 Å². The highest BCUT2D eigenvalue weighted by atomic mass is 32.1. The van der Waals surface area contributed by atoms with E-state index in [0.717, 1.165) is 30.1 Å². The molecule has 2 fully saturated rings. The zero-order valence-electron chi connectivity index (χ0n) is 17.3. The van der Waals surface area contributed by atoms with Crippen LogP contribution in [0.3, 0.4) is 0 Å². The molecule has 0 spiro atoms. The van der Waals surface area contributed by atoms with Gasteiger partial charge in [0.15, 0.2) is 0 Å². The second-order valence-corrected chi connectivity index (χ2v) is 9.08. The first kappa shape index (κ1) is 20.6. The molecule has 7 nitrogen and oxygen atoms in total. The second kappa shape index (κ2) is 8.20. The molecule has 0 saturated carbocycles. The molecule has 1 aromatic heterocycles. The third-order valence-electron chi connectivity index (χ3n) is 5.88. The molecule has 1 atom stereocenters. The van der Waals surface area contributed by atoms with Gasteiger partial charge >= 0.3 is 6.03 Å². The summed E-state index contributed by atoms with van der Waals surface area (Å²) in [6.45, 7) is 7.08. The van der Waals surface area contributed by atoms with Crippen molar-refractivity contribution in [3.8, 4) is 0 Å². The number of rotatable bonds is 5. The molecule has 1 N–H and O–H groups in total. The summed E-state index contributed by atoms with van der Waals surface area (Å²) in [5, 5.41) is 4.83. The van der Waals surface area contributed by atoms with Crippen LogP contribution >= 0.6 is 11.3 Å². The third kappa shape index (κ3) is 3.97. The molecule has 1 unspecified atom stereocenters. The summed E-state index contributed by atoms with van der Waals surface area (Å²) in [5.74, 6) is -0.580. The molecule has 2 aromatic rings. The molecule has 3 heterocycles. The van der Waals surface area contributed by atoms with E-state index < -0.39 is 11.6 Å². The van der Waals surface area contributed by atoms with Gasteiger partial charge in [0.2, 0.25) is 5.91 Å². The van der Waals surface area contributed by atoms with Crippen LogP contribution in [0.25, 0.3) is 0 Å². The van der Waals surface area contributed by atoms with E-state index in [0.29, 0.717) is 18.7 Å². The summed E-state index contributed by atoms with van der Waals surface area (Å²) in [6, 6.07) is 11.1. The molecule has 158 valence electrons. The number of hydrogen-bond acceptors (Lipinski definition) is 5. The predicted molar refractivity (Wildman–Crippen MR) is 115 cm³/mol. The minimum Gasteiger partial charge on any atom is -0.339 e. The number of carbonyl (C=O) groups is 3. The monoisotopic (exact) mass is 426 g/mol. The van der Waals surface area contributed by atoms with E-state index in [-0.39, 0.29) is 18.4 Å². The number of nitrogens with zero attached hydrogens (tertiary/aromatic N) is 3. The molecule has 0 radical (unpaired) electrons. The fourth-order valence-corrected chi connectivity index (χ4v) is 4.68. The van der Waals surface area contributed by atoms with Crippen molar-refractivity contribution in [2.24, 2.45) is 0 Å². The Hall–Kier alpha value is -2.71. The second-order valence-electron chi connectivity index (χ2n) is 8.05. The van der Waals surface area contributed by atoms with Gasteiger partial charge in [-0.3, -0.25) is 19.4 Å². The Labute approximate surface area is 180 Å². The summed E-state index contributed by atoms with van der Waals surface area (Å²) < 4.78 is 0. The average Bonchev–Trinajstić information content (AvgIpc) is 3.32. The lowest BCUT2D eigenvalue weighted by molar-refractivity contribution is -0.139. The minimum absolute atomic E-state index is 0.192. The maximum absolute atomic E-state index is 13.0. The fourth-order valence-electron chi connectivity index (χ4n) is 3.94. The molecule has 1 aromatic carbocycles. The molecular formula is C22H26N4O3S. The SMILES string of the molecule is Cc1ccc(C2(C)NC(=O)N(CC(=O)N3CCN(Cc4cccs4)CC3)C2=O)cc1. The molecule has 8 heteroatoms. The van der Waals surface area contributed by atoms with E-state index >= 15 is 0 Å². The lowest BCUT2D eigenvalue weighted by Crippen LogP contribution is -2.51. The Morgan fingerprint density at radius 3 is 2.43 bits per heavy atom. The van der Waals surface area contributed by atoms with Gasteiger partial charge in [0.05, 0.1) is 0 Å². The number of piperazine rings is 1. The van der Waals surface area contributed by atoms with Crippen molar-refractivity contribution >= 4 is 29.2 Å². The van der Waals surface area contributed by atoms with Crippen LogP contribution in [0.2, 0.25) is 0 Å². The van der Waals surface area contributed by atoms with Crippen molar-refractivity contribution in [2.75, 3.05) is 32.7 Å². The Morgan fingerprint density at radius 2 is 1.80 bits per heavy atom. The zero-order chi connectivity index (χ0) is 21.3. The Bertz CT molecular complexity index is 936. The normalized spacial score (nSPS) is 22.5. The van der Waals surface area contributed by atoms with E-state index in [4.69, 9.17) is 0 Å². The van der Waals surface area contributed by atoms with Crippen LogP contribution in [0.4, 0.5) is 4.79 Å². The highest BCUT2D eigenvalue weighted by molar-refractivity contribution is 7.09. The van der Waals surface area contributed by atoms with E-state index in [1.165, 1.54) is 4.88 Å². The summed E-state index contributed by atoms with van der Waals surface area (Å²) in [7, 11) is 0. The van der Waals surface area contributed by atoms with Crippen molar-refractivity contribution in [2.45, 2.75) is 25.9 Å². The highest BCUT2D eigenvalue weighted by Crippen LogP contribution is 2.29. The van der Waals surface area contributed by atoms with Crippen LogP contribution in [0.5, 0.6) is 0 Å². The number of amides is 4. The first-order valence-electron chi connectivity index (χ1n) is 10.1. The van der Waals surface area contributed by atoms with E-state index in [1.807, 2.05) is 37.3 Å². The van der Waals surface area contributed by atoms with E-state index in [9.17, 15) is 14.4 Å². The van der Waals surface area contributed by atoms with Crippen LogP contribution in [0.15, 0.2) is 41.8 Å². The Balaban J connectivity index is 1.36. The number of benzene rings is 1. The first-order valence-corrected chi connectivity index (χ1v) is 11.0. The van der Waals surface area contributed by atoms with Gasteiger partial charge < -0.3 is 10.2 Å². The summed E-state index contributed by atoms with van der Waals surface area (Å²) >= 11 is 1.73. The van der Waals surface area contributed by atoms with E-state index in [2.05, 4.69) is 21.7 Å². The summed E-state index contributed by atoms with van der Waals surface area (Å²) in [4.78, 5) is 44.7. The summed E-state index contributed by atoms with van der Waals surface area (Å²) in [5.41, 5.74) is 0.637. The fraction of sp³-hybridized carbons (Fsp3) is 0.409. The number of carbonyl (C=O) groups excluding carboxylic acids is 3. The van der Waals surface area contributed by atoms with Crippen LogP contribution in [-0.4, -0.2) is 65.3 Å². The van der Waals surface area contributed by atoms with Crippen LogP contribution in [-0.2, 0) is 21.7 Å². The predicted octanol–water partition coefficient (Wildman–Crippen LogP) is 2.17. The standard InChI is InChI=1S/C22H26N4O3S/c1-16-5-7-17(8-6-16)22(2)20(28)26(21(29)23-22)15-19(27)25-11-9-24(10-12-25)14-18-4-3-13-30-18/h3-8,13H,9-12,14-15H2,1-2H3,(H,23,29). The van der Waals surface area contributed by atoms with Crippen molar-refractivity contribution in [1.82, 2.24) is 20.0 Å². The number of urea groups is 1. The lowest BCUT2D eigenvalue weighted by atomic mass is 9.91. The topological polar surface area (TPSA) is 73.0 Å². The minimum atomic E-state index is -1.15. The molecule has 2 saturated heterocycles. The van der Waals surface area contributed by atoms with Crippen molar-refractivity contribution in [1.29, 1.82) is 0 Å². The molecule has 4 rings (SSSR count). The van der Waals surface area contributed by atoms with Gasteiger partial charge in [-0.2, -0.15) is 0 Å². The quantitative estimate of drug-likeness (QED) is 0.744. The molecule has 2 aliphatic rings. The average molecular weight is 427 g/mol. The molecule has 2 aliphatic heterocycles. The van der Waals surface area contributed by atoms with Gasteiger partial charge in [0.25, 0.3) is 5.91 Å². The molecule has 4 amide bonds. The van der Waals surface area contributed by atoms with Crippen molar-refractivity contribution < 1.29 is 14.4 Å². The maximum atomic E-state index is 13.0.